The first-order valence-electron chi connectivity index (χ1n) is 10.8. The van der Waals surface area contributed by atoms with Crippen LogP contribution in [-0.4, -0.2) is 64.4 Å². The van der Waals surface area contributed by atoms with Gasteiger partial charge in [-0.1, -0.05) is 6.92 Å². The maximum absolute atomic E-state index is 15.5. The first-order valence-corrected chi connectivity index (χ1v) is 12.6. The Morgan fingerprint density at radius 1 is 1.26 bits per heavy atom. The Labute approximate surface area is 194 Å². The third kappa shape index (κ3) is 6.84. The monoisotopic (exact) mass is 508 g/mol. The lowest BCUT2D eigenvalue weighted by Crippen LogP contribution is -2.39. The molecule has 0 radical (unpaired) electrons. The molecule has 0 aliphatic carbocycles. The maximum atomic E-state index is 15.5. The van der Waals surface area contributed by atoms with Crippen molar-refractivity contribution in [1.82, 2.24) is 9.55 Å². The van der Waals surface area contributed by atoms with E-state index in [0.717, 1.165) is 10.8 Å². The van der Waals surface area contributed by atoms with Gasteiger partial charge in [0.1, 0.15) is 6.10 Å². The van der Waals surface area contributed by atoms with Crippen LogP contribution < -0.4 is 11.2 Å². The van der Waals surface area contributed by atoms with Crippen LogP contribution in [0, 0.1) is 12.8 Å². The maximum Gasteiger partial charge on any atom is 0.331 e. The number of carboxylic acid groups (broad SMARTS) is 1. The standard InChI is InChI=1S/C20H30FN2O10P/c1-5-30-34(29,31-6-2)10-12(4)16-17(32-14(26)8-7-13(24)25)15(21)19(33-16)23-9-11(3)18(27)22-20(23)28/h9,12,15-17,19H,5-8,10H2,1-4H3,(H,24,25)(H,22,27,28)/t12-,15+,16+,17-,19+/m0/s1. The van der Waals surface area contributed by atoms with Crippen LogP contribution >= 0.6 is 7.60 Å². The number of ether oxygens (including phenoxy) is 2. The Kier molecular flexibility index (Phi) is 9.74. The molecule has 192 valence electrons. The number of carbonyl (C=O) groups excluding carboxylic acids is 1. The van der Waals surface area contributed by atoms with E-state index >= 15 is 4.39 Å². The number of carboxylic acids is 1. The summed E-state index contributed by atoms with van der Waals surface area (Å²) in [6, 6.07) is 0. The van der Waals surface area contributed by atoms with E-state index in [1.807, 2.05) is 0 Å². The molecule has 2 rings (SSSR count). The van der Waals surface area contributed by atoms with Gasteiger partial charge >= 0.3 is 25.2 Å². The van der Waals surface area contributed by atoms with Gasteiger partial charge in [0.2, 0.25) is 0 Å². The lowest BCUT2D eigenvalue weighted by atomic mass is 10.0. The van der Waals surface area contributed by atoms with Crippen LogP contribution in [0.15, 0.2) is 15.8 Å². The average Bonchev–Trinajstić information content (AvgIpc) is 3.05. The topological polar surface area (TPSA) is 163 Å². The number of aromatic nitrogens is 2. The van der Waals surface area contributed by atoms with Gasteiger partial charge in [0.15, 0.2) is 18.5 Å². The van der Waals surface area contributed by atoms with Crippen molar-refractivity contribution in [2.45, 2.75) is 65.1 Å². The van der Waals surface area contributed by atoms with Crippen molar-refractivity contribution >= 4 is 19.5 Å². The van der Waals surface area contributed by atoms with Crippen LogP contribution in [0.5, 0.6) is 0 Å². The molecule has 1 aliphatic heterocycles. The summed E-state index contributed by atoms with van der Waals surface area (Å²) in [5, 5.41) is 8.78. The molecule has 5 atom stereocenters. The number of hydrogen-bond acceptors (Lipinski definition) is 9. The second kappa shape index (κ2) is 11.9. The zero-order chi connectivity index (χ0) is 25.6. The Balaban J connectivity index is 2.37. The third-order valence-electron chi connectivity index (χ3n) is 5.16. The van der Waals surface area contributed by atoms with Gasteiger partial charge in [0.25, 0.3) is 5.56 Å². The fraction of sp³-hybridized carbons (Fsp3) is 0.700. The highest BCUT2D eigenvalue weighted by Gasteiger charge is 2.52. The summed E-state index contributed by atoms with van der Waals surface area (Å²) in [6.07, 6.45) is -6.43. The predicted molar refractivity (Wildman–Crippen MR) is 117 cm³/mol. The Morgan fingerprint density at radius 3 is 2.44 bits per heavy atom. The highest BCUT2D eigenvalue weighted by Crippen LogP contribution is 2.51. The molecule has 1 aromatic heterocycles. The fourth-order valence-electron chi connectivity index (χ4n) is 3.65. The van der Waals surface area contributed by atoms with Crippen LogP contribution in [-0.2, 0) is 32.7 Å². The predicted octanol–water partition coefficient (Wildman–Crippen LogP) is 1.76. The number of carbonyl (C=O) groups is 2. The number of halogens is 1. The lowest BCUT2D eigenvalue weighted by molar-refractivity contribution is -0.157. The van der Waals surface area contributed by atoms with Crippen LogP contribution in [0.2, 0.25) is 0 Å². The molecule has 0 aromatic carbocycles. The molecule has 1 aromatic rings. The van der Waals surface area contributed by atoms with Gasteiger partial charge in [-0.2, -0.15) is 0 Å². The summed E-state index contributed by atoms with van der Waals surface area (Å²) in [5.74, 6) is -2.94. The van der Waals surface area contributed by atoms with Crippen LogP contribution in [0.3, 0.4) is 0 Å². The van der Waals surface area contributed by atoms with Gasteiger partial charge < -0.3 is 23.6 Å². The first kappa shape index (κ1) is 27.9. The first-order chi connectivity index (χ1) is 15.9. The van der Waals surface area contributed by atoms with Crippen molar-refractivity contribution < 1.29 is 42.2 Å². The zero-order valence-corrected chi connectivity index (χ0v) is 20.3. The smallest absolute Gasteiger partial charge is 0.331 e. The van der Waals surface area contributed by atoms with Crippen molar-refractivity contribution in [2.75, 3.05) is 19.4 Å². The van der Waals surface area contributed by atoms with Gasteiger partial charge in [-0.25, -0.2) is 9.18 Å². The minimum Gasteiger partial charge on any atom is -0.481 e. The molecule has 0 amide bonds. The largest absolute Gasteiger partial charge is 0.481 e. The van der Waals surface area contributed by atoms with E-state index in [1.165, 1.54) is 6.92 Å². The van der Waals surface area contributed by atoms with E-state index in [-0.39, 0.29) is 24.9 Å². The molecule has 14 heteroatoms. The summed E-state index contributed by atoms with van der Waals surface area (Å²) < 4.78 is 51.0. The van der Waals surface area contributed by atoms with Crippen molar-refractivity contribution in [3.05, 3.63) is 32.6 Å². The zero-order valence-electron chi connectivity index (χ0n) is 19.4. The molecule has 12 nitrogen and oxygen atoms in total. The van der Waals surface area contributed by atoms with E-state index in [0.29, 0.717) is 0 Å². The van der Waals surface area contributed by atoms with E-state index < -0.39 is 74.2 Å². The highest BCUT2D eigenvalue weighted by atomic mass is 31.2. The van der Waals surface area contributed by atoms with Gasteiger partial charge in [-0.05, 0) is 26.7 Å². The van der Waals surface area contributed by atoms with E-state index in [1.54, 1.807) is 20.8 Å². The van der Waals surface area contributed by atoms with E-state index in [4.69, 9.17) is 23.6 Å². The molecule has 1 saturated heterocycles. The number of H-pyrrole nitrogens is 1. The molecule has 2 N–H and O–H groups in total. The molecule has 0 unspecified atom stereocenters. The van der Waals surface area contributed by atoms with Crippen molar-refractivity contribution in [2.24, 2.45) is 5.92 Å². The quantitative estimate of drug-likeness (QED) is 0.314. The minimum atomic E-state index is -3.59. The number of aromatic amines is 1. The minimum absolute atomic E-state index is 0.101. The van der Waals surface area contributed by atoms with Crippen LogP contribution in [0.4, 0.5) is 4.39 Å². The van der Waals surface area contributed by atoms with Gasteiger partial charge in [0, 0.05) is 11.8 Å². The molecule has 1 aliphatic rings. The molecule has 34 heavy (non-hydrogen) atoms. The number of alkyl halides is 1. The average molecular weight is 508 g/mol. The highest BCUT2D eigenvalue weighted by molar-refractivity contribution is 7.53. The summed E-state index contributed by atoms with van der Waals surface area (Å²) in [5.41, 5.74) is -1.45. The summed E-state index contributed by atoms with van der Waals surface area (Å²) in [7, 11) is -3.59. The Morgan fingerprint density at radius 2 is 1.88 bits per heavy atom. The van der Waals surface area contributed by atoms with Gasteiger partial charge in [-0.3, -0.25) is 28.5 Å². The SMILES string of the molecule is CCOP(=O)(C[C@H](C)[C@H]1O[C@@H](n2cc(C)c(=O)[nH]c2=O)[C@H](F)[C@@H]1OC(=O)CCC(=O)O)OCC. The summed E-state index contributed by atoms with van der Waals surface area (Å²) in [4.78, 5) is 49.0. The number of rotatable bonds is 12. The molecule has 0 saturated carbocycles. The third-order valence-corrected chi connectivity index (χ3v) is 7.49. The van der Waals surface area contributed by atoms with Crippen molar-refractivity contribution in [3.8, 4) is 0 Å². The Bertz CT molecular complexity index is 1030. The van der Waals surface area contributed by atoms with Crippen LogP contribution in [0.25, 0.3) is 0 Å². The number of hydrogen-bond donors (Lipinski definition) is 2. The van der Waals surface area contributed by atoms with E-state index in [2.05, 4.69) is 4.98 Å². The number of aliphatic carboxylic acids is 1. The number of nitrogens with one attached hydrogen (secondary N) is 1. The van der Waals surface area contributed by atoms with Gasteiger partial charge in [0.05, 0.1) is 32.2 Å². The van der Waals surface area contributed by atoms with Crippen molar-refractivity contribution in [3.63, 3.8) is 0 Å². The fourth-order valence-corrected chi connectivity index (χ4v) is 5.64. The summed E-state index contributed by atoms with van der Waals surface area (Å²) >= 11 is 0. The lowest BCUT2D eigenvalue weighted by Gasteiger charge is -2.27. The number of aryl methyl sites for hydroxylation is 1. The van der Waals surface area contributed by atoms with E-state index in [9.17, 15) is 23.7 Å². The molecule has 0 spiro atoms. The second-order valence-corrected chi connectivity index (χ2v) is 9.97. The van der Waals surface area contributed by atoms with Crippen LogP contribution in [0.1, 0.15) is 45.4 Å². The molecule has 1 fully saturated rings. The Hall–Kier alpha value is -2.34. The molecular weight excluding hydrogens is 478 g/mol. The van der Waals surface area contributed by atoms with Gasteiger partial charge in [-0.15, -0.1) is 0 Å². The number of nitrogens with zero attached hydrogens (tertiary/aromatic N) is 1. The number of esters is 1. The normalized spacial score (nSPS) is 23.6. The molecular formula is C20H30FN2O10P. The second-order valence-electron chi connectivity index (χ2n) is 7.87. The summed E-state index contributed by atoms with van der Waals surface area (Å²) in [6.45, 7) is 6.46. The van der Waals surface area contributed by atoms with Crippen molar-refractivity contribution in [1.29, 1.82) is 0 Å². The molecule has 2 heterocycles. The molecule has 0 bridgehead atoms.